The highest BCUT2D eigenvalue weighted by Crippen LogP contribution is 2.32. The van der Waals surface area contributed by atoms with Crippen LogP contribution in [0, 0.1) is 6.92 Å². The van der Waals surface area contributed by atoms with Gasteiger partial charge < -0.3 is 10.3 Å². The molecule has 1 amide bonds. The predicted molar refractivity (Wildman–Crippen MR) is 104 cm³/mol. The van der Waals surface area contributed by atoms with Gasteiger partial charge in [0.25, 0.3) is 0 Å². The molecule has 1 aromatic heterocycles. The van der Waals surface area contributed by atoms with E-state index in [4.69, 9.17) is 0 Å². The number of para-hydroxylation sites is 1. The molecule has 3 rings (SSSR count). The van der Waals surface area contributed by atoms with Crippen LogP contribution in [0.15, 0.2) is 48.5 Å². The first-order chi connectivity index (χ1) is 13.1. The highest BCUT2D eigenvalue weighted by molar-refractivity contribution is 5.90. The molecule has 2 N–H and O–H groups in total. The molecule has 3 aromatic rings. The van der Waals surface area contributed by atoms with Crippen LogP contribution in [0.1, 0.15) is 36.2 Å². The molecule has 0 aliphatic rings. The molecule has 0 aliphatic heterocycles. The number of fused-ring (bicyclic) bond motifs is 1. The first kappa shape index (κ1) is 20.0. The van der Waals surface area contributed by atoms with Gasteiger partial charge in [0, 0.05) is 28.6 Å². The Morgan fingerprint density at radius 1 is 1.04 bits per heavy atom. The topological polar surface area (TPSA) is 44.9 Å². The van der Waals surface area contributed by atoms with Gasteiger partial charge in [0.2, 0.25) is 5.91 Å². The van der Waals surface area contributed by atoms with Crippen molar-refractivity contribution < 1.29 is 18.0 Å². The van der Waals surface area contributed by atoms with Crippen molar-refractivity contribution >= 4 is 16.8 Å². The number of benzene rings is 2. The van der Waals surface area contributed by atoms with Crippen LogP contribution in [0.25, 0.3) is 10.9 Å². The standard InChI is InChI=1S/C22H23F3N2O/c1-14-18(17-9-4-5-10-19(17)27-14)12-20(28)26-13-21(2,3)15-7-6-8-16(11-15)22(23,24)25/h4-11,27H,12-13H2,1-3H3,(H,26,28). The molecule has 0 spiro atoms. The molecule has 0 saturated carbocycles. The van der Waals surface area contributed by atoms with Crippen molar-refractivity contribution in [2.24, 2.45) is 0 Å². The van der Waals surface area contributed by atoms with Crippen LogP contribution in [0.2, 0.25) is 0 Å². The summed E-state index contributed by atoms with van der Waals surface area (Å²) in [4.78, 5) is 15.8. The molecule has 0 fully saturated rings. The Balaban J connectivity index is 1.70. The Hall–Kier alpha value is -2.76. The van der Waals surface area contributed by atoms with Crippen molar-refractivity contribution in [3.05, 3.63) is 70.9 Å². The summed E-state index contributed by atoms with van der Waals surface area (Å²) in [5.74, 6) is -0.159. The number of carbonyl (C=O) groups is 1. The molecule has 0 saturated heterocycles. The number of carbonyl (C=O) groups excluding carboxylic acids is 1. The SMILES string of the molecule is Cc1[nH]c2ccccc2c1CC(=O)NCC(C)(C)c1cccc(C(F)(F)F)c1. The Labute approximate surface area is 162 Å². The van der Waals surface area contributed by atoms with Crippen LogP contribution in [0.5, 0.6) is 0 Å². The number of aromatic nitrogens is 1. The fourth-order valence-corrected chi connectivity index (χ4v) is 3.32. The molecule has 28 heavy (non-hydrogen) atoms. The Bertz CT molecular complexity index is 1000. The number of halogens is 3. The lowest BCUT2D eigenvalue weighted by Crippen LogP contribution is -2.37. The third-order valence-corrected chi connectivity index (χ3v) is 5.06. The maximum absolute atomic E-state index is 13.0. The van der Waals surface area contributed by atoms with E-state index < -0.39 is 17.2 Å². The van der Waals surface area contributed by atoms with Gasteiger partial charge in [-0.2, -0.15) is 13.2 Å². The van der Waals surface area contributed by atoms with E-state index in [0.29, 0.717) is 5.56 Å². The minimum absolute atomic E-state index is 0.159. The first-order valence-corrected chi connectivity index (χ1v) is 9.08. The van der Waals surface area contributed by atoms with Crippen molar-refractivity contribution in [1.82, 2.24) is 10.3 Å². The van der Waals surface area contributed by atoms with Crippen LogP contribution in [0.4, 0.5) is 13.2 Å². The number of rotatable bonds is 5. The number of H-pyrrole nitrogens is 1. The average molecular weight is 388 g/mol. The first-order valence-electron chi connectivity index (χ1n) is 9.08. The van der Waals surface area contributed by atoms with Crippen molar-refractivity contribution in [2.45, 2.75) is 38.8 Å². The summed E-state index contributed by atoms with van der Waals surface area (Å²) in [5, 5.41) is 3.88. The lowest BCUT2D eigenvalue weighted by molar-refractivity contribution is -0.137. The van der Waals surface area contributed by atoms with Crippen LogP contribution < -0.4 is 5.32 Å². The van der Waals surface area contributed by atoms with E-state index in [0.717, 1.165) is 34.3 Å². The average Bonchev–Trinajstić information content (AvgIpc) is 2.95. The van der Waals surface area contributed by atoms with Gasteiger partial charge >= 0.3 is 6.18 Å². The van der Waals surface area contributed by atoms with E-state index >= 15 is 0 Å². The highest BCUT2D eigenvalue weighted by atomic mass is 19.4. The lowest BCUT2D eigenvalue weighted by Gasteiger charge is -2.26. The zero-order valence-corrected chi connectivity index (χ0v) is 16.1. The minimum Gasteiger partial charge on any atom is -0.358 e. The van der Waals surface area contributed by atoms with E-state index in [1.165, 1.54) is 6.07 Å². The zero-order valence-electron chi connectivity index (χ0n) is 16.1. The van der Waals surface area contributed by atoms with Crippen LogP contribution in [0.3, 0.4) is 0 Å². The number of alkyl halides is 3. The van der Waals surface area contributed by atoms with E-state index in [1.54, 1.807) is 6.07 Å². The molecule has 2 aromatic carbocycles. The third kappa shape index (κ3) is 4.21. The molecule has 3 nitrogen and oxygen atoms in total. The van der Waals surface area contributed by atoms with Gasteiger partial charge in [0.1, 0.15) is 0 Å². The van der Waals surface area contributed by atoms with E-state index in [-0.39, 0.29) is 18.9 Å². The molecule has 0 aliphatic carbocycles. The quantitative estimate of drug-likeness (QED) is 0.625. The van der Waals surface area contributed by atoms with Crippen LogP contribution >= 0.6 is 0 Å². The van der Waals surface area contributed by atoms with E-state index in [1.807, 2.05) is 45.0 Å². The van der Waals surface area contributed by atoms with Crippen molar-refractivity contribution in [1.29, 1.82) is 0 Å². The minimum atomic E-state index is -4.39. The van der Waals surface area contributed by atoms with E-state index in [2.05, 4.69) is 10.3 Å². The number of nitrogens with one attached hydrogen (secondary N) is 2. The molecule has 0 atom stereocenters. The lowest BCUT2D eigenvalue weighted by atomic mass is 9.83. The van der Waals surface area contributed by atoms with Crippen LogP contribution in [-0.2, 0) is 22.8 Å². The second kappa shape index (κ2) is 7.34. The Kier molecular flexibility index (Phi) is 5.24. The molecule has 0 unspecified atom stereocenters. The van der Waals surface area contributed by atoms with Crippen LogP contribution in [-0.4, -0.2) is 17.4 Å². The summed E-state index contributed by atoms with van der Waals surface area (Å²) in [6.07, 6.45) is -4.17. The molecule has 0 bridgehead atoms. The second-order valence-electron chi connectivity index (χ2n) is 7.69. The van der Waals surface area contributed by atoms with Gasteiger partial charge in [-0.05, 0) is 30.2 Å². The second-order valence-corrected chi connectivity index (χ2v) is 7.69. The molecular formula is C22H23F3N2O. The molecule has 1 heterocycles. The largest absolute Gasteiger partial charge is 0.416 e. The van der Waals surface area contributed by atoms with Gasteiger partial charge in [-0.3, -0.25) is 4.79 Å². The smallest absolute Gasteiger partial charge is 0.358 e. The summed E-state index contributed by atoms with van der Waals surface area (Å²) in [7, 11) is 0. The van der Waals surface area contributed by atoms with Crippen molar-refractivity contribution in [3.8, 4) is 0 Å². The predicted octanol–water partition coefficient (Wildman–Crippen LogP) is 5.13. The summed E-state index contributed by atoms with van der Waals surface area (Å²) < 4.78 is 38.9. The number of hydrogen-bond acceptors (Lipinski definition) is 1. The monoisotopic (exact) mass is 388 g/mol. The highest BCUT2D eigenvalue weighted by Gasteiger charge is 2.32. The maximum Gasteiger partial charge on any atom is 0.416 e. The summed E-state index contributed by atoms with van der Waals surface area (Å²) >= 11 is 0. The van der Waals surface area contributed by atoms with Gasteiger partial charge in [0.05, 0.1) is 12.0 Å². The fraction of sp³-hybridized carbons (Fsp3) is 0.318. The molecular weight excluding hydrogens is 365 g/mol. The summed E-state index contributed by atoms with van der Waals surface area (Å²) in [5.41, 5.74) is 2.07. The summed E-state index contributed by atoms with van der Waals surface area (Å²) in [6.45, 7) is 5.81. The van der Waals surface area contributed by atoms with Gasteiger partial charge in [0.15, 0.2) is 0 Å². The third-order valence-electron chi connectivity index (χ3n) is 5.06. The number of aromatic amines is 1. The molecule has 0 radical (unpaired) electrons. The van der Waals surface area contributed by atoms with E-state index in [9.17, 15) is 18.0 Å². The van der Waals surface area contributed by atoms with Gasteiger partial charge in [-0.15, -0.1) is 0 Å². The Morgan fingerprint density at radius 3 is 2.43 bits per heavy atom. The number of aryl methyl sites for hydroxylation is 1. The van der Waals surface area contributed by atoms with Crippen molar-refractivity contribution in [2.75, 3.05) is 6.54 Å². The number of amides is 1. The molecule has 6 heteroatoms. The fourth-order valence-electron chi connectivity index (χ4n) is 3.32. The normalized spacial score (nSPS) is 12.4. The van der Waals surface area contributed by atoms with Gasteiger partial charge in [-0.1, -0.05) is 50.2 Å². The summed E-state index contributed by atoms with van der Waals surface area (Å²) in [6, 6.07) is 13.0. The number of hydrogen-bond donors (Lipinski definition) is 2. The molecule has 148 valence electrons. The van der Waals surface area contributed by atoms with Crippen molar-refractivity contribution in [3.63, 3.8) is 0 Å². The Morgan fingerprint density at radius 2 is 1.71 bits per heavy atom. The zero-order chi connectivity index (χ0) is 20.5. The van der Waals surface area contributed by atoms with Gasteiger partial charge in [-0.25, -0.2) is 0 Å². The maximum atomic E-state index is 13.0.